The lowest BCUT2D eigenvalue weighted by atomic mass is 10.2. The van der Waals surface area contributed by atoms with Crippen molar-refractivity contribution >= 4 is 33.3 Å². The Hall–Kier alpha value is -2.82. The zero-order valence-electron chi connectivity index (χ0n) is 19.2. The molecule has 0 aliphatic rings. The summed E-state index contributed by atoms with van der Waals surface area (Å²) in [5.74, 6) is 0. The van der Waals surface area contributed by atoms with Gasteiger partial charge in [0.2, 0.25) is 6.29 Å². The maximum Gasteiger partial charge on any atom is 0.299 e. The molecule has 174 valence electrons. The normalized spacial score (nSPS) is 12.9. The van der Waals surface area contributed by atoms with Crippen molar-refractivity contribution in [3.8, 4) is 0 Å². The molecule has 0 bridgehead atoms. The first-order chi connectivity index (χ1) is 16.5. The number of benzene rings is 4. The van der Waals surface area contributed by atoms with E-state index in [1.165, 1.54) is 7.11 Å². The minimum absolute atomic E-state index is 0.114. The van der Waals surface area contributed by atoms with Crippen LogP contribution in [0.15, 0.2) is 120 Å². The predicted molar refractivity (Wildman–Crippen MR) is 140 cm³/mol. The molecule has 6 heteroatoms. The Labute approximate surface area is 202 Å². The van der Waals surface area contributed by atoms with E-state index in [4.69, 9.17) is 8.92 Å². The van der Waals surface area contributed by atoms with Gasteiger partial charge in [0.1, 0.15) is 29.3 Å². The molecule has 0 amide bonds. The molecule has 1 unspecified atom stereocenters. The van der Waals surface area contributed by atoms with Crippen LogP contribution >= 0.6 is 7.26 Å². The van der Waals surface area contributed by atoms with Gasteiger partial charge in [-0.15, -0.1) is 0 Å². The van der Waals surface area contributed by atoms with Gasteiger partial charge >= 0.3 is 0 Å². The first-order valence-corrected chi connectivity index (χ1v) is 14.4. The van der Waals surface area contributed by atoms with Gasteiger partial charge in [0.15, 0.2) is 0 Å². The minimum atomic E-state index is -4.01. The second-order valence-electron chi connectivity index (χ2n) is 8.03. The first kappa shape index (κ1) is 24.3. The van der Waals surface area contributed by atoms with Gasteiger partial charge in [0.25, 0.3) is 10.1 Å². The van der Waals surface area contributed by atoms with Crippen molar-refractivity contribution in [2.75, 3.05) is 13.3 Å². The average molecular weight is 492 g/mol. The topological polar surface area (TPSA) is 52.6 Å². The van der Waals surface area contributed by atoms with E-state index in [2.05, 4.69) is 36.4 Å². The van der Waals surface area contributed by atoms with Crippen molar-refractivity contribution < 1.29 is 17.3 Å². The lowest BCUT2D eigenvalue weighted by Crippen LogP contribution is -2.39. The zero-order valence-corrected chi connectivity index (χ0v) is 21.0. The molecule has 34 heavy (non-hydrogen) atoms. The third-order valence-electron chi connectivity index (χ3n) is 5.82. The second-order valence-corrected chi connectivity index (χ2v) is 13.1. The molecule has 0 radical (unpaired) electrons. The molecule has 4 aromatic carbocycles. The molecular formula is C28H28O4PS+. The number of ether oxygens (including phenoxy) is 1. The van der Waals surface area contributed by atoms with Gasteiger partial charge in [0, 0.05) is 7.11 Å². The van der Waals surface area contributed by atoms with Crippen molar-refractivity contribution in [3.05, 3.63) is 121 Å². The Morgan fingerprint density at radius 3 is 1.47 bits per heavy atom. The molecule has 4 aromatic rings. The van der Waals surface area contributed by atoms with E-state index < -0.39 is 23.7 Å². The van der Waals surface area contributed by atoms with Gasteiger partial charge in [-0.05, 0) is 55.5 Å². The van der Waals surface area contributed by atoms with Crippen molar-refractivity contribution in [1.82, 2.24) is 0 Å². The SMILES string of the molecule is COC(C[P+](c1ccccc1)(c1ccccc1)c1ccccc1)OS(=O)(=O)c1ccc(C)cc1. The molecule has 0 aromatic heterocycles. The maximum absolute atomic E-state index is 13.1. The highest BCUT2D eigenvalue weighted by atomic mass is 32.2. The second kappa shape index (κ2) is 10.6. The summed E-state index contributed by atoms with van der Waals surface area (Å²) in [4.78, 5) is 0.114. The molecule has 1 atom stereocenters. The van der Waals surface area contributed by atoms with Crippen molar-refractivity contribution in [3.63, 3.8) is 0 Å². The van der Waals surface area contributed by atoms with Crippen LogP contribution in [0.2, 0.25) is 0 Å². The van der Waals surface area contributed by atoms with E-state index in [0.717, 1.165) is 21.5 Å². The largest absolute Gasteiger partial charge is 0.352 e. The summed E-state index contributed by atoms with van der Waals surface area (Å²) in [7, 11) is -4.85. The Bertz CT molecular complexity index is 1200. The Kier molecular flexibility index (Phi) is 7.60. The van der Waals surface area contributed by atoms with E-state index in [9.17, 15) is 8.42 Å². The van der Waals surface area contributed by atoms with E-state index >= 15 is 0 Å². The fraction of sp³-hybridized carbons (Fsp3) is 0.143. The van der Waals surface area contributed by atoms with Crippen LogP contribution in [0, 0.1) is 6.92 Å². The fourth-order valence-corrected chi connectivity index (χ4v) is 9.43. The van der Waals surface area contributed by atoms with E-state index in [0.29, 0.717) is 6.16 Å². The third kappa shape index (κ3) is 5.13. The highest BCUT2D eigenvalue weighted by Gasteiger charge is 2.48. The molecular weight excluding hydrogens is 463 g/mol. The Morgan fingerprint density at radius 2 is 1.09 bits per heavy atom. The molecule has 0 fully saturated rings. The molecule has 4 rings (SSSR count). The van der Waals surface area contributed by atoms with Gasteiger partial charge < -0.3 is 4.74 Å². The summed E-state index contributed by atoms with van der Waals surface area (Å²) >= 11 is 0. The number of methoxy groups -OCH3 is 1. The maximum atomic E-state index is 13.1. The lowest BCUT2D eigenvalue weighted by molar-refractivity contribution is -0.0306. The number of hydrogen-bond donors (Lipinski definition) is 0. The van der Waals surface area contributed by atoms with Crippen LogP contribution in [0.5, 0.6) is 0 Å². The van der Waals surface area contributed by atoms with Crippen LogP contribution in [0.3, 0.4) is 0 Å². The highest BCUT2D eigenvalue weighted by Crippen LogP contribution is 2.56. The third-order valence-corrected chi connectivity index (χ3v) is 11.5. The molecule has 0 saturated heterocycles. The molecule has 0 saturated carbocycles. The minimum Gasteiger partial charge on any atom is -0.352 e. The van der Waals surface area contributed by atoms with Gasteiger partial charge in [-0.2, -0.15) is 8.42 Å². The van der Waals surface area contributed by atoms with Crippen LogP contribution < -0.4 is 15.9 Å². The molecule has 0 N–H and O–H groups in total. The van der Waals surface area contributed by atoms with Crippen LogP contribution in [0.25, 0.3) is 0 Å². The van der Waals surface area contributed by atoms with Gasteiger partial charge in [-0.25, -0.2) is 4.18 Å². The molecule has 4 nitrogen and oxygen atoms in total. The standard InChI is InChI=1S/C28H28O4PS/c1-23-18-20-27(21-19-23)34(29,30)32-28(31-2)22-33(24-12-6-3-7-13-24,25-14-8-4-9-15-25)26-16-10-5-11-17-26/h3-21,28H,22H2,1-2H3/q+1. The number of rotatable bonds is 9. The molecule has 0 spiro atoms. The number of hydrogen-bond acceptors (Lipinski definition) is 4. The Balaban J connectivity index is 1.82. The van der Waals surface area contributed by atoms with Gasteiger partial charge in [0.05, 0.1) is 4.90 Å². The summed E-state index contributed by atoms with van der Waals surface area (Å²) in [5, 5.41) is 3.39. The smallest absolute Gasteiger partial charge is 0.299 e. The predicted octanol–water partition coefficient (Wildman–Crippen LogP) is 4.67. The van der Waals surface area contributed by atoms with Gasteiger partial charge in [-0.1, -0.05) is 72.3 Å². The van der Waals surface area contributed by atoms with Crippen molar-refractivity contribution in [2.45, 2.75) is 18.1 Å². The van der Waals surface area contributed by atoms with Crippen molar-refractivity contribution in [2.24, 2.45) is 0 Å². The summed E-state index contributed by atoms with van der Waals surface area (Å²) in [5.41, 5.74) is 0.976. The monoisotopic (exact) mass is 491 g/mol. The molecule has 0 aliphatic heterocycles. The van der Waals surface area contributed by atoms with Crippen LogP contribution in [-0.2, 0) is 19.0 Å². The first-order valence-electron chi connectivity index (χ1n) is 11.0. The quantitative estimate of drug-likeness (QED) is 0.194. The molecule has 0 aliphatic carbocycles. The van der Waals surface area contributed by atoms with Crippen LogP contribution in [0.4, 0.5) is 0 Å². The van der Waals surface area contributed by atoms with Crippen LogP contribution in [0.1, 0.15) is 5.56 Å². The molecule has 0 heterocycles. The van der Waals surface area contributed by atoms with Crippen LogP contribution in [-0.4, -0.2) is 28.0 Å². The van der Waals surface area contributed by atoms with Gasteiger partial charge in [-0.3, -0.25) is 0 Å². The summed E-state index contributed by atoms with van der Waals surface area (Å²) in [6.45, 7) is 1.91. The van der Waals surface area contributed by atoms with E-state index in [1.807, 2.05) is 61.5 Å². The summed E-state index contributed by atoms with van der Waals surface area (Å²) < 4.78 is 37.6. The van der Waals surface area contributed by atoms with Crippen molar-refractivity contribution in [1.29, 1.82) is 0 Å². The average Bonchev–Trinajstić information content (AvgIpc) is 2.88. The summed E-state index contributed by atoms with van der Waals surface area (Å²) in [6.07, 6.45) is -0.604. The highest BCUT2D eigenvalue weighted by molar-refractivity contribution is 7.95. The number of aryl methyl sites for hydroxylation is 1. The zero-order chi connectivity index (χ0) is 24.0. The fourth-order valence-electron chi connectivity index (χ4n) is 4.08. The van der Waals surface area contributed by atoms with E-state index in [1.54, 1.807) is 24.3 Å². The Morgan fingerprint density at radius 1 is 0.676 bits per heavy atom. The summed E-state index contributed by atoms with van der Waals surface area (Å²) in [6, 6.07) is 37.3. The lowest BCUT2D eigenvalue weighted by Gasteiger charge is -2.30. The van der Waals surface area contributed by atoms with E-state index in [-0.39, 0.29) is 4.90 Å².